The Morgan fingerprint density at radius 1 is 1.53 bits per heavy atom. The van der Waals surface area contributed by atoms with Gasteiger partial charge in [0, 0.05) is 6.20 Å². The summed E-state index contributed by atoms with van der Waals surface area (Å²) in [5, 5.41) is 13.8. The molecule has 1 aromatic rings. The Morgan fingerprint density at radius 2 is 2.24 bits per heavy atom. The quantitative estimate of drug-likeness (QED) is 0.814. The molecule has 0 saturated heterocycles. The van der Waals surface area contributed by atoms with Gasteiger partial charge in [-0.15, -0.1) is 6.58 Å². The van der Waals surface area contributed by atoms with Crippen molar-refractivity contribution in [2.45, 2.75) is 44.1 Å². The van der Waals surface area contributed by atoms with Crippen LogP contribution in [0.5, 0.6) is 0 Å². The lowest BCUT2D eigenvalue weighted by atomic mass is 9.71. The molecule has 0 aliphatic heterocycles. The van der Waals surface area contributed by atoms with Gasteiger partial charge in [-0.25, -0.2) is 0 Å². The van der Waals surface area contributed by atoms with Crippen molar-refractivity contribution in [1.82, 2.24) is 9.78 Å². The molecule has 0 spiro atoms. The molecule has 0 bridgehead atoms. The van der Waals surface area contributed by atoms with Crippen LogP contribution in [0, 0.1) is 0 Å². The predicted molar refractivity (Wildman–Crippen MR) is 64.8 cm³/mol. The number of aromatic nitrogens is 2. The predicted octanol–water partition coefficient (Wildman–Crippen LogP) is 2.36. The minimum absolute atomic E-state index is 0.567. The summed E-state index contributed by atoms with van der Waals surface area (Å²) in [4.78, 5) is 11.7. The first-order valence-electron chi connectivity index (χ1n) is 6.07. The number of carbonyl (C=O) groups is 1. The van der Waals surface area contributed by atoms with Gasteiger partial charge in [0.1, 0.15) is 5.41 Å². The van der Waals surface area contributed by atoms with Gasteiger partial charge < -0.3 is 5.11 Å². The van der Waals surface area contributed by atoms with Gasteiger partial charge in [-0.1, -0.05) is 25.3 Å². The zero-order valence-electron chi connectivity index (χ0n) is 9.93. The lowest BCUT2D eigenvalue weighted by Crippen LogP contribution is -2.39. The van der Waals surface area contributed by atoms with Crippen molar-refractivity contribution in [1.29, 1.82) is 0 Å². The van der Waals surface area contributed by atoms with Gasteiger partial charge in [-0.05, 0) is 18.9 Å². The lowest BCUT2D eigenvalue weighted by molar-refractivity contribution is -0.145. The summed E-state index contributed by atoms with van der Waals surface area (Å²) in [6.07, 6.45) is 7.94. The van der Waals surface area contributed by atoms with Crippen LogP contribution >= 0.6 is 0 Å². The molecule has 1 fully saturated rings. The molecule has 0 atom stereocenters. The summed E-state index contributed by atoms with van der Waals surface area (Å²) in [5.41, 5.74) is 0.0854. The summed E-state index contributed by atoms with van der Waals surface area (Å²) in [6, 6.07) is 1.84. The average Bonchev–Trinajstić information content (AvgIpc) is 2.79. The highest BCUT2D eigenvalue weighted by molar-refractivity contribution is 5.80. The largest absolute Gasteiger partial charge is 0.481 e. The van der Waals surface area contributed by atoms with Gasteiger partial charge in [0.2, 0.25) is 0 Å². The molecule has 1 heterocycles. The van der Waals surface area contributed by atoms with Gasteiger partial charge in [0.05, 0.1) is 12.2 Å². The summed E-state index contributed by atoms with van der Waals surface area (Å²) in [7, 11) is 0. The van der Waals surface area contributed by atoms with E-state index in [2.05, 4.69) is 11.7 Å². The second-order valence-corrected chi connectivity index (χ2v) is 4.64. The molecule has 1 aromatic heterocycles. The summed E-state index contributed by atoms with van der Waals surface area (Å²) >= 11 is 0. The summed E-state index contributed by atoms with van der Waals surface area (Å²) < 4.78 is 1.76. The van der Waals surface area contributed by atoms with Crippen LogP contribution in [-0.4, -0.2) is 20.9 Å². The highest BCUT2D eigenvalue weighted by Crippen LogP contribution is 2.39. The Morgan fingerprint density at radius 3 is 2.82 bits per heavy atom. The fourth-order valence-electron chi connectivity index (χ4n) is 2.74. The zero-order chi connectivity index (χ0) is 12.3. The minimum atomic E-state index is -0.738. The van der Waals surface area contributed by atoms with E-state index >= 15 is 0 Å². The second kappa shape index (κ2) is 4.73. The number of carboxylic acids is 1. The fraction of sp³-hybridized carbons (Fsp3) is 0.538. The number of allylic oxidation sites excluding steroid dienone is 1. The molecule has 1 aliphatic rings. The van der Waals surface area contributed by atoms with Crippen LogP contribution in [0.2, 0.25) is 0 Å². The maximum absolute atomic E-state index is 11.7. The Hall–Kier alpha value is -1.58. The van der Waals surface area contributed by atoms with E-state index in [1.807, 2.05) is 6.07 Å². The van der Waals surface area contributed by atoms with E-state index in [0.29, 0.717) is 19.4 Å². The van der Waals surface area contributed by atoms with Crippen LogP contribution in [0.25, 0.3) is 0 Å². The molecule has 0 aromatic carbocycles. The van der Waals surface area contributed by atoms with E-state index in [4.69, 9.17) is 0 Å². The third kappa shape index (κ3) is 1.99. The monoisotopic (exact) mass is 234 g/mol. The van der Waals surface area contributed by atoms with Crippen LogP contribution in [0.4, 0.5) is 0 Å². The number of hydrogen-bond acceptors (Lipinski definition) is 2. The SMILES string of the molecule is C=CCn1nccc1C1(C(=O)O)CCCCC1. The highest BCUT2D eigenvalue weighted by Gasteiger charge is 2.43. The van der Waals surface area contributed by atoms with Gasteiger partial charge in [0.25, 0.3) is 0 Å². The van der Waals surface area contributed by atoms with Crippen molar-refractivity contribution in [3.8, 4) is 0 Å². The number of hydrogen-bond donors (Lipinski definition) is 1. The normalized spacial score (nSPS) is 18.8. The molecule has 0 amide bonds. The first-order chi connectivity index (χ1) is 8.20. The molecule has 0 unspecified atom stereocenters. The third-order valence-electron chi connectivity index (χ3n) is 3.63. The van der Waals surface area contributed by atoms with Crippen molar-refractivity contribution in [2.75, 3.05) is 0 Å². The highest BCUT2D eigenvalue weighted by atomic mass is 16.4. The molecular formula is C13H18N2O2. The van der Waals surface area contributed by atoms with Gasteiger partial charge in [-0.3, -0.25) is 9.48 Å². The van der Waals surface area contributed by atoms with E-state index in [-0.39, 0.29) is 0 Å². The molecule has 17 heavy (non-hydrogen) atoms. The van der Waals surface area contributed by atoms with Crippen LogP contribution in [0.3, 0.4) is 0 Å². The van der Waals surface area contributed by atoms with E-state index in [9.17, 15) is 9.90 Å². The molecular weight excluding hydrogens is 216 g/mol. The topological polar surface area (TPSA) is 55.1 Å². The molecule has 4 heteroatoms. The number of aliphatic carboxylic acids is 1. The fourth-order valence-corrected chi connectivity index (χ4v) is 2.74. The minimum Gasteiger partial charge on any atom is -0.481 e. The molecule has 2 rings (SSSR count). The van der Waals surface area contributed by atoms with E-state index in [1.165, 1.54) is 0 Å². The maximum atomic E-state index is 11.7. The van der Waals surface area contributed by atoms with Crippen molar-refractivity contribution in [3.63, 3.8) is 0 Å². The number of carboxylic acid groups (broad SMARTS) is 1. The van der Waals surface area contributed by atoms with Crippen LogP contribution in [0.1, 0.15) is 37.8 Å². The Kier molecular flexibility index (Phi) is 3.31. The molecule has 92 valence electrons. The smallest absolute Gasteiger partial charge is 0.315 e. The molecule has 4 nitrogen and oxygen atoms in total. The molecule has 1 aliphatic carbocycles. The number of rotatable bonds is 4. The van der Waals surface area contributed by atoms with E-state index in [0.717, 1.165) is 25.0 Å². The van der Waals surface area contributed by atoms with Crippen molar-refractivity contribution >= 4 is 5.97 Å². The van der Waals surface area contributed by atoms with Crippen LogP contribution in [-0.2, 0) is 16.8 Å². The van der Waals surface area contributed by atoms with Gasteiger partial charge in [0.15, 0.2) is 0 Å². The summed E-state index contributed by atoms with van der Waals surface area (Å²) in [6.45, 7) is 4.25. The van der Waals surface area contributed by atoms with E-state index < -0.39 is 11.4 Å². The van der Waals surface area contributed by atoms with Crippen LogP contribution in [0.15, 0.2) is 24.9 Å². The summed E-state index contributed by atoms with van der Waals surface area (Å²) in [5.74, 6) is -0.719. The second-order valence-electron chi connectivity index (χ2n) is 4.64. The third-order valence-corrected chi connectivity index (χ3v) is 3.63. The maximum Gasteiger partial charge on any atom is 0.315 e. The van der Waals surface area contributed by atoms with Crippen molar-refractivity contribution in [2.24, 2.45) is 0 Å². The van der Waals surface area contributed by atoms with Crippen LogP contribution < -0.4 is 0 Å². The standard InChI is InChI=1S/C13H18N2O2/c1-2-10-15-11(6-9-14-15)13(12(16)17)7-4-3-5-8-13/h2,6,9H,1,3-5,7-8,10H2,(H,16,17). The van der Waals surface area contributed by atoms with E-state index in [1.54, 1.807) is 17.0 Å². The first-order valence-corrected chi connectivity index (χ1v) is 6.07. The molecule has 1 saturated carbocycles. The first kappa shape index (κ1) is 11.9. The van der Waals surface area contributed by atoms with Crippen molar-refractivity contribution < 1.29 is 9.90 Å². The number of nitrogens with zero attached hydrogens (tertiary/aromatic N) is 2. The van der Waals surface area contributed by atoms with Crippen molar-refractivity contribution in [3.05, 3.63) is 30.6 Å². The lowest BCUT2D eigenvalue weighted by Gasteiger charge is -2.33. The molecule has 0 radical (unpaired) electrons. The molecule has 1 N–H and O–H groups in total. The zero-order valence-corrected chi connectivity index (χ0v) is 9.93. The Labute approximate surface area is 101 Å². The Balaban J connectivity index is 2.41. The van der Waals surface area contributed by atoms with Gasteiger partial charge in [-0.2, -0.15) is 5.10 Å². The average molecular weight is 234 g/mol. The Bertz CT molecular complexity index is 417. The van der Waals surface area contributed by atoms with Gasteiger partial charge >= 0.3 is 5.97 Å².